The molecule has 3 N–H and O–H groups in total. The minimum atomic E-state index is -0.0916. The average molecular weight is 308 g/mol. The smallest absolute Gasteiger partial charge is 0.226 e. The van der Waals surface area contributed by atoms with Crippen molar-refractivity contribution in [2.45, 2.75) is 33.6 Å². The Bertz CT molecular complexity index is 572. The molecule has 2 aromatic heterocycles. The zero-order valence-corrected chi connectivity index (χ0v) is 13.8. The van der Waals surface area contributed by atoms with Gasteiger partial charge < -0.3 is 15.7 Å². The van der Waals surface area contributed by atoms with E-state index in [1.807, 2.05) is 18.4 Å². The fourth-order valence-corrected chi connectivity index (χ4v) is 3.04. The number of hydrogen-bond donors (Lipinski definition) is 3. The van der Waals surface area contributed by atoms with Gasteiger partial charge in [-0.25, -0.2) is 4.98 Å². The highest BCUT2D eigenvalue weighted by Gasteiger charge is 2.25. The molecule has 2 rings (SSSR count). The van der Waals surface area contributed by atoms with Crippen molar-refractivity contribution in [2.24, 2.45) is 5.41 Å². The molecule has 0 spiro atoms. The van der Waals surface area contributed by atoms with Crippen molar-refractivity contribution in [3.63, 3.8) is 0 Å². The summed E-state index contributed by atoms with van der Waals surface area (Å²) in [6.07, 6.45) is 1.87. The molecular formula is C15H24N4OS. The van der Waals surface area contributed by atoms with Crippen LogP contribution >= 0.6 is 11.3 Å². The highest BCUT2D eigenvalue weighted by molar-refractivity contribution is 7.16. The molecule has 0 aliphatic carbocycles. The van der Waals surface area contributed by atoms with Gasteiger partial charge in [-0.2, -0.15) is 4.98 Å². The lowest BCUT2D eigenvalue weighted by atomic mass is 9.83. The highest BCUT2D eigenvalue weighted by Crippen LogP contribution is 2.30. The molecule has 0 fully saturated rings. The van der Waals surface area contributed by atoms with Crippen molar-refractivity contribution in [1.82, 2.24) is 9.97 Å². The van der Waals surface area contributed by atoms with E-state index in [1.165, 1.54) is 0 Å². The van der Waals surface area contributed by atoms with Crippen LogP contribution in [0.3, 0.4) is 0 Å². The zero-order chi connectivity index (χ0) is 15.3. The van der Waals surface area contributed by atoms with Crippen molar-refractivity contribution in [3.05, 3.63) is 11.4 Å². The summed E-state index contributed by atoms with van der Waals surface area (Å²) in [6, 6.07) is 2.04. The second-order valence-electron chi connectivity index (χ2n) is 5.28. The fourth-order valence-electron chi connectivity index (χ4n) is 2.28. The van der Waals surface area contributed by atoms with Crippen LogP contribution in [0.25, 0.3) is 10.2 Å². The van der Waals surface area contributed by atoms with Gasteiger partial charge in [-0.15, -0.1) is 11.3 Å². The van der Waals surface area contributed by atoms with Crippen molar-refractivity contribution in [3.8, 4) is 0 Å². The maximum atomic E-state index is 9.68. The molecule has 6 heteroatoms. The standard InChI is InChI=1S/C15H24N4OS/c1-4-15(5-2,10-20)9-17-12-11-7-8-21-13(11)19-14(18-12)16-6-3/h7-8,20H,4-6,9-10H2,1-3H3,(H2,16,17,18,19). The van der Waals surface area contributed by atoms with Gasteiger partial charge in [0.1, 0.15) is 10.6 Å². The van der Waals surface area contributed by atoms with Gasteiger partial charge in [-0.3, -0.25) is 0 Å². The van der Waals surface area contributed by atoms with E-state index < -0.39 is 0 Å². The second-order valence-corrected chi connectivity index (χ2v) is 6.18. The van der Waals surface area contributed by atoms with Crippen molar-refractivity contribution in [2.75, 3.05) is 30.3 Å². The zero-order valence-electron chi connectivity index (χ0n) is 12.9. The number of rotatable bonds is 8. The van der Waals surface area contributed by atoms with Crippen LogP contribution < -0.4 is 10.6 Å². The number of aliphatic hydroxyl groups is 1. The molecule has 0 saturated heterocycles. The molecule has 0 amide bonds. The van der Waals surface area contributed by atoms with Gasteiger partial charge in [0.15, 0.2) is 0 Å². The molecular weight excluding hydrogens is 284 g/mol. The molecule has 0 aliphatic heterocycles. The minimum Gasteiger partial charge on any atom is -0.396 e. The van der Waals surface area contributed by atoms with Crippen molar-refractivity contribution in [1.29, 1.82) is 0 Å². The Labute approximate surface area is 129 Å². The molecule has 0 aliphatic rings. The van der Waals surface area contributed by atoms with E-state index in [2.05, 4.69) is 34.4 Å². The van der Waals surface area contributed by atoms with Gasteiger partial charge in [0, 0.05) is 18.5 Å². The number of anilines is 2. The average Bonchev–Trinajstić information content (AvgIpc) is 2.98. The molecule has 2 aromatic rings. The molecule has 0 bridgehead atoms. The lowest BCUT2D eigenvalue weighted by Gasteiger charge is -2.29. The molecule has 5 nitrogen and oxygen atoms in total. The first kappa shape index (κ1) is 16.0. The lowest BCUT2D eigenvalue weighted by molar-refractivity contribution is 0.127. The van der Waals surface area contributed by atoms with E-state index in [1.54, 1.807) is 11.3 Å². The summed E-state index contributed by atoms with van der Waals surface area (Å²) in [7, 11) is 0. The number of nitrogens with one attached hydrogen (secondary N) is 2. The Hall–Kier alpha value is -1.40. The van der Waals surface area contributed by atoms with Crippen LogP contribution in [-0.4, -0.2) is 34.8 Å². The van der Waals surface area contributed by atoms with Gasteiger partial charge in [0.05, 0.1) is 12.0 Å². The Balaban J connectivity index is 2.26. The summed E-state index contributed by atoms with van der Waals surface area (Å²) in [5, 5.41) is 19.3. The van der Waals surface area contributed by atoms with Crippen LogP contribution in [0.15, 0.2) is 11.4 Å². The van der Waals surface area contributed by atoms with E-state index in [4.69, 9.17) is 0 Å². The van der Waals surface area contributed by atoms with Crippen LogP contribution in [-0.2, 0) is 0 Å². The number of nitrogens with zero attached hydrogens (tertiary/aromatic N) is 2. The largest absolute Gasteiger partial charge is 0.396 e. The van der Waals surface area contributed by atoms with Crippen LogP contribution in [0.5, 0.6) is 0 Å². The fraction of sp³-hybridized carbons (Fsp3) is 0.600. The van der Waals surface area contributed by atoms with E-state index in [9.17, 15) is 5.11 Å². The second kappa shape index (κ2) is 7.04. The summed E-state index contributed by atoms with van der Waals surface area (Å²) in [5.41, 5.74) is -0.0916. The van der Waals surface area contributed by atoms with Gasteiger partial charge >= 0.3 is 0 Å². The Morgan fingerprint density at radius 2 is 1.95 bits per heavy atom. The Morgan fingerprint density at radius 1 is 1.19 bits per heavy atom. The van der Waals surface area contributed by atoms with Crippen molar-refractivity contribution < 1.29 is 5.11 Å². The van der Waals surface area contributed by atoms with E-state index >= 15 is 0 Å². The third kappa shape index (κ3) is 3.44. The Morgan fingerprint density at radius 3 is 2.57 bits per heavy atom. The van der Waals surface area contributed by atoms with Gasteiger partial charge in [-0.1, -0.05) is 13.8 Å². The molecule has 0 saturated carbocycles. The summed E-state index contributed by atoms with van der Waals surface area (Å²) < 4.78 is 0. The monoisotopic (exact) mass is 308 g/mol. The first-order valence-electron chi connectivity index (χ1n) is 7.52. The van der Waals surface area contributed by atoms with Crippen LogP contribution in [0.1, 0.15) is 33.6 Å². The summed E-state index contributed by atoms with van der Waals surface area (Å²) in [5.74, 6) is 1.49. The van der Waals surface area contributed by atoms with Gasteiger partial charge in [0.25, 0.3) is 0 Å². The predicted molar refractivity (Wildman–Crippen MR) is 90.2 cm³/mol. The first-order chi connectivity index (χ1) is 10.2. The maximum absolute atomic E-state index is 9.68. The lowest BCUT2D eigenvalue weighted by Crippen LogP contribution is -2.32. The first-order valence-corrected chi connectivity index (χ1v) is 8.39. The predicted octanol–water partition coefficient (Wildman–Crippen LogP) is 3.33. The summed E-state index contributed by atoms with van der Waals surface area (Å²) in [6.45, 7) is 7.95. The number of aromatic nitrogens is 2. The normalized spacial score (nSPS) is 11.8. The molecule has 21 heavy (non-hydrogen) atoms. The topological polar surface area (TPSA) is 70.1 Å². The molecule has 0 radical (unpaired) electrons. The summed E-state index contributed by atoms with van der Waals surface area (Å²) in [4.78, 5) is 10.0. The molecule has 0 unspecified atom stereocenters. The third-order valence-electron chi connectivity index (χ3n) is 4.13. The minimum absolute atomic E-state index is 0.0916. The van der Waals surface area contributed by atoms with Crippen LogP contribution in [0.2, 0.25) is 0 Å². The van der Waals surface area contributed by atoms with Gasteiger partial charge in [-0.05, 0) is 31.2 Å². The molecule has 0 atom stereocenters. The van der Waals surface area contributed by atoms with E-state index in [0.717, 1.165) is 35.4 Å². The molecule has 2 heterocycles. The van der Waals surface area contributed by atoms with E-state index in [0.29, 0.717) is 12.5 Å². The number of hydrogen-bond acceptors (Lipinski definition) is 6. The van der Waals surface area contributed by atoms with Crippen LogP contribution in [0, 0.1) is 5.41 Å². The molecule has 0 aromatic carbocycles. The SMILES string of the molecule is CCNc1nc(NCC(CC)(CC)CO)c2ccsc2n1. The Kier molecular flexibility index (Phi) is 5.36. The quantitative estimate of drug-likeness (QED) is 0.698. The number of thiophene rings is 1. The summed E-state index contributed by atoms with van der Waals surface area (Å²) >= 11 is 1.61. The highest BCUT2D eigenvalue weighted by atomic mass is 32.1. The van der Waals surface area contributed by atoms with Crippen LogP contribution in [0.4, 0.5) is 11.8 Å². The maximum Gasteiger partial charge on any atom is 0.226 e. The third-order valence-corrected chi connectivity index (χ3v) is 4.93. The number of fused-ring (bicyclic) bond motifs is 1. The van der Waals surface area contributed by atoms with Gasteiger partial charge in [0.2, 0.25) is 5.95 Å². The molecule has 116 valence electrons. The van der Waals surface area contributed by atoms with E-state index in [-0.39, 0.29) is 12.0 Å². The number of aliphatic hydroxyl groups excluding tert-OH is 1. The van der Waals surface area contributed by atoms with Crippen molar-refractivity contribution >= 4 is 33.3 Å².